The topological polar surface area (TPSA) is 25.8 Å². The first-order valence-electron chi connectivity index (χ1n) is 43.2. The number of hydrogen-bond donors (Lipinski definition) is 0. The third-order valence-electron chi connectivity index (χ3n) is 24.1. The van der Waals surface area contributed by atoms with Gasteiger partial charge in [0, 0.05) is 67.1 Å². The van der Waals surface area contributed by atoms with Crippen molar-refractivity contribution in [1.29, 1.82) is 0 Å². The minimum absolute atomic E-state index is 1.04. The average molecular weight is 1550 g/mol. The molecule has 0 atom stereocenters. The van der Waals surface area contributed by atoms with Gasteiger partial charge in [-0.3, -0.25) is 0 Å². The van der Waals surface area contributed by atoms with Gasteiger partial charge in [-0.05, 0) is 199 Å². The highest BCUT2D eigenvalue weighted by Gasteiger charge is 2.26. The summed E-state index contributed by atoms with van der Waals surface area (Å²) in [5.74, 6) is 0. The summed E-state index contributed by atoms with van der Waals surface area (Å²) < 4.78 is 18.6. The SMILES string of the molecule is CCCCCCCCc1cc2c(cc1CCCCCCCC)c1cc(-c3cc4c5cc(CCCCCCCC)c(CCCCCCCC)cc5c5cc(-c6cc7c8cc(CCCCCCCC)c(CCCCCCCC)cc8c8cc(-c9ccc(C)c%10nsnc9%10)sc8c7s6)sc5c4s3)sc1c1sc(C)cc21. The van der Waals surface area contributed by atoms with Crippen LogP contribution in [0.5, 0.6) is 0 Å². The van der Waals surface area contributed by atoms with Gasteiger partial charge < -0.3 is 0 Å². The molecule has 2 nitrogen and oxygen atoms in total. The highest BCUT2D eigenvalue weighted by molar-refractivity contribution is 7.35. The molecule has 0 saturated carbocycles. The molecular weight excluding hydrogens is 1430 g/mol. The number of benzene rings is 7. The van der Waals surface area contributed by atoms with E-state index >= 15 is 0 Å². The van der Waals surface area contributed by atoms with E-state index < -0.39 is 0 Å². The lowest BCUT2D eigenvalue weighted by atomic mass is 9.91. The van der Waals surface area contributed by atoms with Crippen molar-refractivity contribution in [2.24, 2.45) is 0 Å². The predicted octanol–water partition coefficient (Wildman–Crippen LogP) is 35.5. The molecule has 14 rings (SSSR count). The number of fused-ring (bicyclic) bond motifs is 19. The van der Waals surface area contributed by atoms with Crippen molar-refractivity contribution in [1.82, 2.24) is 8.75 Å². The zero-order valence-electron chi connectivity index (χ0n) is 66.5. The van der Waals surface area contributed by atoms with Gasteiger partial charge in [0.15, 0.2) is 0 Å². The van der Waals surface area contributed by atoms with Gasteiger partial charge in [0.1, 0.15) is 11.0 Å². The third kappa shape index (κ3) is 18.0. The van der Waals surface area contributed by atoms with Gasteiger partial charge in [0.2, 0.25) is 0 Å². The predicted molar refractivity (Wildman–Crippen MR) is 490 cm³/mol. The third-order valence-corrected chi connectivity index (χ3v) is 32.2. The van der Waals surface area contributed by atoms with Crippen LogP contribution in [0.4, 0.5) is 0 Å². The molecule has 0 amide bonds. The van der Waals surface area contributed by atoms with E-state index in [1.807, 2.05) is 22.7 Å². The van der Waals surface area contributed by atoms with E-state index in [1.54, 1.807) is 33.4 Å². The molecule has 0 N–H and O–H groups in total. The molecule has 0 aliphatic rings. The van der Waals surface area contributed by atoms with E-state index in [0.717, 1.165) is 23.9 Å². The lowest BCUT2D eigenvalue weighted by Gasteiger charge is -2.14. The fourth-order valence-electron chi connectivity index (χ4n) is 17.9. The largest absolute Gasteiger partial charge is 0.173 e. The van der Waals surface area contributed by atoms with Gasteiger partial charge in [0.25, 0.3) is 0 Å². The van der Waals surface area contributed by atoms with Gasteiger partial charge in [0.05, 0.1) is 39.9 Å². The lowest BCUT2D eigenvalue weighted by Crippen LogP contribution is -1.97. The van der Waals surface area contributed by atoms with Crippen LogP contribution in [0.25, 0.3) is 134 Å². The highest BCUT2D eigenvalue weighted by Crippen LogP contribution is 2.55. The fraction of sp³-hybridized carbons (Fsp3) is 0.510. The summed E-state index contributed by atoms with van der Waals surface area (Å²) in [5.41, 5.74) is 14.1. The van der Waals surface area contributed by atoms with Crippen molar-refractivity contribution in [3.63, 3.8) is 0 Å². The van der Waals surface area contributed by atoms with Crippen LogP contribution < -0.4 is 0 Å². The number of thiophene rings is 6. The molecule has 0 fully saturated rings. The molecule has 7 aromatic heterocycles. The highest BCUT2D eigenvalue weighted by atomic mass is 32.1. The number of rotatable bonds is 45. The maximum absolute atomic E-state index is 4.99. The summed E-state index contributed by atoms with van der Waals surface area (Å²) >= 11 is 13.7. The van der Waals surface area contributed by atoms with Gasteiger partial charge in [-0.25, -0.2) is 0 Å². The summed E-state index contributed by atoms with van der Waals surface area (Å²) in [5, 5.41) is 17.5. The van der Waals surface area contributed by atoms with Crippen LogP contribution in [0.1, 0.15) is 317 Å². The monoisotopic (exact) mass is 1550 g/mol. The maximum atomic E-state index is 4.99. The maximum Gasteiger partial charge on any atom is 0.113 e. The van der Waals surface area contributed by atoms with Crippen LogP contribution in [0.15, 0.2) is 84.9 Å². The molecule has 14 aromatic rings. The smallest absolute Gasteiger partial charge is 0.113 e. The van der Waals surface area contributed by atoms with Gasteiger partial charge in [-0.15, -0.1) is 68.0 Å². The number of hydrogen-bond acceptors (Lipinski definition) is 9. The molecule has 7 aromatic carbocycles. The van der Waals surface area contributed by atoms with Crippen molar-refractivity contribution >= 4 is 184 Å². The summed E-state index contributed by atoms with van der Waals surface area (Å²) in [4.78, 5) is 8.39. The van der Waals surface area contributed by atoms with Crippen molar-refractivity contribution < 1.29 is 0 Å². The molecule has 107 heavy (non-hydrogen) atoms. The first kappa shape index (κ1) is 78.6. The first-order valence-corrected chi connectivity index (χ1v) is 48.8. The standard InChI is InChI=1S/C98H122N2S7/c1-9-15-21-27-33-39-45-67-54-74-75(55-68(67)46-40-34-28-22-16-10-2)82-61-87(103-94(82)93-80(74)53-66(8)101-93)88-63-84-78-58-71(49-43-37-31-25-19-13-5)72(50-44-38-32-26-20-14-6)59-79(78)85-64-90(106-98(85)97(84)105-88)89-62-83-77-57-70(48-42-36-30-24-18-12-4)69(47-41-35-29-23-17-11-3)56-76(77)81-60-86(102-95(81)96(83)104-89)73-52-51-65(7)91-92(73)100-107-99-91/h51-64H,9-50H2,1-8H3. The molecule has 566 valence electrons. The second-order valence-electron chi connectivity index (χ2n) is 32.4. The Labute approximate surface area is 670 Å². The second kappa shape index (κ2) is 38.4. The van der Waals surface area contributed by atoms with Crippen LogP contribution in [-0.2, 0) is 38.5 Å². The van der Waals surface area contributed by atoms with Crippen LogP contribution in [0, 0.1) is 13.8 Å². The number of nitrogens with zero attached hydrogens (tertiary/aromatic N) is 2. The summed E-state index contributed by atoms with van der Waals surface area (Å²) in [7, 11) is 0. The Hall–Kier alpha value is -5.10. The molecule has 9 heteroatoms. The zero-order valence-corrected chi connectivity index (χ0v) is 72.2. The van der Waals surface area contributed by atoms with Gasteiger partial charge in [-0.2, -0.15) is 8.75 Å². The zero-order chi connectivity index (χ0) is 73.6. The quantitative estimate of drug-likeness (QED) is 0.0356. The van der Waals surface area contributed by atoms with E-state index in [2.05, 4.69) is 186 Å². The van der Waals surface area contributed by atoms with E-state index in [9.17, 15) is 0 Å². The number of aromatic nitrogens is 2. The van der Waals surface area contributed by atoms with Crippen molar-refractivity contribution in [2.75, 3.05) is 0 Å². The van der Waals surface area contributed by atoms with Crippen LogP contribution in [0.3, 0.4) is 0 Å². The van der Waals surface area contributed by atoms with E-state index in [4.69, 9.17) is 8.75 Å². The second-order valence-corrected chi connectivity index (χ2v) is 39.4. The molecule has 0 spiro atoms. The van der Waals surface area contributed by atoms with E-state index in [-0.39, 0.29) is 0 Å². The van der Waals surface area contributed by atoms with Crippen molar-refractivity contribution in [3.8, 4) is 29.9 Å². The summed E-state index contributed by atoms with van der Waals surface area (Å²) in [6.07, 6.45) is 54.9. The Bertz CT molecular complexity index is 5280. The molecule has 0 aliphatic heterocycles. The van der Waals surface area contributed by atoms with E-state index in [1.165, 1.54) is 402 Å². The normalized spacial score (nSPS) is 12.4. The average Bonchev–Trinajstić information content (AvgIpc) is 1.61. The molecule has 0 unspecified atom stereocenters. The Morgan fingerprint density at radius 1 is 0.224 bits per heavy atom. The molecule has 7 heterocycles. The van der Waals surface area contributed by atoms with Crippen LogP contribution >= 0.6 is 79.7 Å². The Kier molecular flexibility index (Phi) is 28.2. The van der Waals surface area contributed by atoms with E-state index in [0.29, 0.717) is 0 Å². The molecule has 0 radical (unpaired) electrons. The molecular formula is C98H122N2S7. The minimum Gasteiger partial charge on any atom is -0.173 e. The lowest BCUT2D eigenvalue weighted by molar-refractivity contribution is 0.599. The number of unbranched alkanes of at least 4 members (excludes halogenated alkanes) is 30. The molecule has 0 bridgehead atoms. The van der Waals surface area contributed by atoms with Crippen molar-refractivity contribution in [3.05, 3.63) is 129 Å². The van der Waals surface area contributed by atoms with Crippen molar-refractivity contribution in [2.45, 2.75) is 325 Å². The fourth-order valence-corrected chi connectivity index (χ4v) is 26.0. The molecule has 0 aliphatic carbocycles. The van der Waals surface area contributed by atoms with Crippen LogP contribution in [0.2, 0.25) is 0 Å². The summed E-state index contributed by atoms with van der Waals surface area (Å²) in [6, 6.07) is 36.7. The number of aryl methyl sites for hydroxylation is 8. The Balaban J connectivity index is 0.940. The van der Waals surface area contributed by atoms with Gasteiger partial charge in [-0.1, -0.05) is 283 Å². The Morgan fingerprint density at radius 2 is 0.458 bits per heavy atom. The van der Waals surface area contributed by atoms with Crippen LogP contribution in [-0.4, -0.2) is 8.75 Å². The molecule has 0 saturated heterocycles. The minimum atomic E-state index is 1.04. The van der Waals surface area contributed by atoms with Gasteiger partial charge >= 0.3 is 0 Å². The summed E-state index contributed by atoms with van der Waals surface area (Å²) in [6.45, 7) is 18.6. The first-order chi connectivity index (χ1) is 52.7. The Morgan fingerprint density at radius 3 is 0.748 bits per heavy atom.